The third-order valence-electron chi connectivity index (χ3n) is 4.97. The van der Waals surface area contributed by atoms with Gasteiger partial charge >= 0.3 is 5.97 Å². The highest BCUT2D eigenvalue weighted by atomic mass is 19.1. The molecule has 3 rings (SSSR count). The van der Waals surface area contributed by atoms with Crippen LogP contribution in [0.3, 0.4) is 0 Å². The fourth-order valence-corrected chi connectivity index (χ4v) is 3.34. The summed E-state index contributed by atoms with van der Waals surface area (Å²) in [7, 11) is 0. The third kappa shape index (κ3) is 7.09. The van der Waals surface area contributed by atoms with Crippen molar-refractivity contribution in [2.75, 3.05) is 45.9 Å². The van der Waals surface area contributed by atoms with Crippen LogP contribution in [0.1, 0.15) is 5.56 Å². The van der Waals surface area contributed by atoms with E-state index in [2.05, 4.69) is 34.1 Å². The number of hydrogen-bond acceptors (Lipinski definition) is 4. The molecule has 0 amide bonds. The Morgan fingerprint density at radius 1 is 0.931 bits per heavy atom. The molecule has 1 aliphatic rings. The third-order valence-corrected chi connectivity index (χ3v) is 4.97. The summed E-state index contributed by atoms with van der Waals surface area (Å²) in [6, 6.07) is 15.1. The lowest BCUT2D eigenvalue weighted by Gasteiger charge is -2.34. The maximum absolute atomic E-state index is 13.1. The molecule has 5 nitrogen and oxygen atoms in total. The van der Waals surface area contributed by atoms with Gasteiger partial charge in [-0.05, 0) is 28.8 Å². The molecule has 6 heteroatoms. The number of nitrogens with zero attached hydrogens (tertiary/aromatic N) is 2. The maximum atomic E-state index is 13.1. The largest absolute Gasteiger partial charge is 0.480 e. The highest BCUT2D eigenvalue weighted by Crippen LogP contribution is 2.21. The molecule has 29 heavy (non-hydrogen) atoms. The number of carboxylic acid groups (broad SMARTS) is 1. The second kappa shape index (κ2) is 10.9. The Hall–Kier alpha value is -2.54. The van der Waals surface area contributed by atoms with Crippen LogP contribution in [0.15, 0.2) is 60.7 Å². The minimum atomic E-state index is -0.945. The van der Waals surface area contributed by atoms with E-state index >= 15 is 0 Å². The van der Waals surface area contributed by atoms with E-state index in [4.69, 9.17) is 9.84 Å². The van der Waals surface area contributed by atoms with Crippen LogP contribution in [0.25, 0.3) is 11.1 Å². The van der Waals surface area contributed by atoms with E-state index in [9.17, 15) is 9.18 Å². The number of ether oxygens (including phenoxy) is 1. The lowest BCUT2D eigenvalue weighted by Crippen LogP contribution is -2.45. The Morgan fingerprint density at radius 3 is 2.14 bits per heavy atom. The predicted octanol–water partition coefficient (Wildman–Crippen LogP) is 3.27. The number of hydrogen-bond donors (Lipinski definition) is 1. The van der Waals surface area contributed by atoms with Crippen molar-refractivity contribution in [2.24, 2.45) is 0 Å². The van der Waals surface area contributed by atoms with Crippen LogP contribution < -0.4 is 0 Å². The van der Waals surface area contributed by atoms with E-state index in [1.165, 1.54) is 17.7 Å². The first-order valence-corrected chi connectivity index (χ1v) is 9.84. The Kier molecular flexibility index (Phi) is 7.93. The first kappa shape index (κ1) is 21.2. The number of piperazine rings is 1. The van der Waals surface area contributed by atoms with Crippen LogP contribution in [0.4, 0.5) is 4.39 Å². The first-order valence-electron chi connectivity index (χ1n) is 9.84. The van der Waals surface area contributed by atoms with Crippen molar-refractivity contribution in [1.29, 1.82) is 0 Å². The molecule has 1 heterocycles. The normalized spacial score (nSPS) is 15.8. The van der Waals surface area contributed by atoms with Gasteiger partial charge in [0.25, 0.3) is 0 Å². The predicted molar refractivity (Wildman–Crippen MR) is 111 cm³/mol. The standard InChI is InChI=1S/C23H27FN2O3/c24-22-9-7-21(8-10-22)20-5-3-19(4-6-20)17-26-14-12-25(13-15-26)11-1-2-16-29-18-23(27)28/h1-10H,11-18H2,(H,27,28)/b2-1+. The van der Waals surface area contributed by atoms with Crippen LogP contribution in [-0.2, 0) is 16.1 Å². The van der Waals surface area contributed by atoms with Crippen molar-refractivity contribution in [2.45, 2.75) is 6.54 Å². The Labute approximate surface area is 171 Å². The van der Waals surface area contributed by atoms with E-state index in [-0.39, 0.29) is 12.4 Å². The lowest BCUT2D eigenvalue weighted by atomic mass is 10.0. The SMILES string of the molecule is O=C(O)COC/C=C/CN1CCN(Cc2ccc(-c3ccc(F)cc3)cc2)CC1. The zero-order valence-corrected chi connectivity index (χ0v) is 16.5. The summed E-state index contributed by atoms with van der Waals surface area (Å²) in [5, 5.41) is 8.50. The van der Waals surface area contributed by atoms with Gasteiger partial charge in [-0.25, -0.2) is 9.18 Å². The summed E-state index contributed by atoms with van der Waals surface area (Å²) >= 11 is 0. The number of benzene rings is 2. The number of rotatable bonds is 9. The zero-order chi connectivity index (χ0) is 20.5. The Bertz CT molecular complexity index is 798. The van der Waals surface area contributed by atoms with E-state index in [1.807, 2.05) is 12.2 Å². The molecule has 0 radical (unpaired) electrons. The molecule has 0 atom stereocenters. The smallest absolute Gasteiger partial charge is 0.329 e. The van der Waals surface area contributed by atoms with Gasteiger partial charge in [0.05, 0.1) is 6.61 Å². The minimum absolute atomic E-state index is 0.216. The molecule has 0 bridgehead atoms. The maximum Gasteiger partial charge on any atom is 0.329 e. The monoisotopic (exact) mass is 398 g/mol. The summed E-state index contributed by atoms with van der Waals surface area (Å²) in [6.07, 6.45) is 3.91. The van der Waals surface area contributed by atoms with Crippen LogP contribution in [0.5, 0.6) is 0 Å². The molecule has 0 spiro atoms. The first-order chi connectivity index (χ1) is 14.1. The molecule has 1 fully saturated rings. The van der Waals surface area contributed by atoms with Crippen molar-refractivity contribution in [3.8, 4) is 11.1 Å². The molecule has 0 saturated carbocycles. The quantitative estimate of drug-likeness (QED) is 0.519. The van der Waals surface area contributed by atoms with Gasteiger partial charge in [-0.15, -0.1) is 0 Å². The summed E-state index contributed by atoms with van der Waals surface area (Å²) < 4.78 is 18.0. The molecule has 154 valence electrons. The summed E-state index contributed by atoms with van der Waals surface area (Å²) in [6.45, 7) is 5.91. The summed E-state index contributed by atoms with van der Waals surface area (Å²) in [4.78, 5) is 15.2. The van der Waals surface area contributed by atoms with Crippen LogP contribution in [0, 0.1) is 5.82 Å². The molecule has 0 aromatic heterocycles. The van der Waals surface area contributed by atoms with Gasteiger partial charge in [0.15, 0.2) is 0 Å². The summed E-state index contributed by atoms with van der Waals surface area (Å²) in [5.74, 6) is -1.16. The van der Waals surface area contributed by atoms with Crippen molar-refractivity contribution < 1.29 is 19.0 Å². The number of carbonyl (C=O) groups is 1. The van der Waals surface area contributed by atoms with Gasteiger partial charge in [0.1, 0.15) is 12.4 Å². The molecular formula is C23H27FN2O3. The Balaban J connectivity index is 1.38. The van der Waals surface area contributed by atoms with E-state index < -0.39 is 5.97 Å². The van der Waals surface area contributed by atoms with Crippen molar-refractivity contribution >= 4 is 5.97 Å². The highest BCUT2D eigenvalue weighted by Gasteiger charge is 2.15. The molecular weight excluding hydrogens is 371 g/mol. The van der Waals surface area contributed by atoms with Crippen molar-refractivity contribution in [1.82, 2.24) is 9.80 Å². The van der Waals surface area contributed by atoms with Crippen LogP contribution in [0.2, 0.25) is 0 Å². The second-order valence-corrected chi connectivity index (χ2v) is 7.16. The number of halogens is 1. The zero-order valence-electron chi connectivity index (χ0n) is 16.5. The fourth-order valence-electron chi connectivity index (χ4n) is 3.34. The van der Waals surface area contributed by atoms with Gasteiger partial charge in [0, 0.05) is 39.3 Å². The van der Waals surface area contributed by atoms with E-state index in [0.29, 0.717) is 6.61 Å². The number of carboxylic acids is 1. The van der Waals surface area contributed by atoms with Crippen LogP contribution in [-0.4, -0.2) is 66.8 Å². The molecule has 0 aliphatic carbocycles. The van der Waals surface area contributed by atoms with Gasteiger partial charge in [-0.2, -0.15) is 0 Å². The fraction of sp³-hybridized carbons (Fsp3) is 0.348. The molecule has 1 saturated heterocycles. The Morgan fingerprint density at radius 2 is 1.52 bits per heavy atom. The van der Waals surface area contributed by atoms with E-state index in [1.54, 1.807) is 12.1 Å². The van der Waals surface area contributed by atoms with Crippen molar-refractivity contribution in [3.63, 3.8) is 0 Å². The summed E-state index contributed by atoms with van der Waals surface area (Å²) in [5.41, 5.74) is 3.39. The number of aliphatic carboxylic acids is 1. The van der Waals surface area contributed by atoms with Gasteiger partial charge in [-0.1, -0.05) is 48.6 Å². The average molecular weight is 398 g/mol. The van der Waals surface area contributed by atoms with Crippen LogP contribution >= 0.6 is 0 Å². The van der Waals surface area contributed by atoms with Gasteiger partial charge in [-0.3, -0.25) is 9.80 Å². The second-order valence-electron chi connectivity index (χ2n) is 7.16. The molecule has 2 aromatic carbocycles. The van der Waals surface area contributed by atoms with Gasteiger partial charge < -0.3 is 9.84 Å². The molecule has 1 aliphatic heterocycles. The lowest BCUT2D eigenvalue weighted by molar-refractivity contribution is -0.141. The molecule has 1 N–H and O–H groups in total. The van der Waals surface area contributed by atoms with Gasteiger partial charge in [0.2, 0.25) is 0 Å². The van der Waals surface area contributed by atoms with E-state index in [0.717, 1.165) is 50.4 Å². The minimum Gasteiger partial charge on any atom is -0.480 e. The molecule has 2 aromatic rings. The highest BCUT2D eigenvalue weighted by molar-refractivity contribution is 5.68. The topological polar surface area (TPSA) is 53.0 Å². The molecule has 0 unspecified atom stereocenters. The average Bonchev–Trinajstić information content (AvgIpc) is 2.73. The van der Waals surface area contributed by atoms with Crippen molar-refractivity contribution in [3.05, 3.63) is 72.1 Å².